The molecule has 4 aromatic rings. The van der Waals surface area contributed by atoms with Gasteiger partial charge in [0.05, 0.1) is 5.69 Å². The summed E-state index contributed by atoms with van der Waals surface area (Å²) in [5.41, 5.74) is 6.97. The van der Waals surface area contributed by atoms with Crippen LogP contribution in [0.4, 0.5) is 8.78 Å². The summed E-state index contributed by atoms with van der Waals surface area (Å²) >= 11 is 0. The molecule has 0 saturated carbocycles. The Morgan fingerprint density at radius 3 is 2.52 bits per heavy atom. The van der Waals surface area contributed by atoms with Crippen LogP contribution in [0.2, 0.25) is 0 Å². The zero-order valence-electron chi connectivity index (χ0n) is 16.4. The van der Waals surface area contributed by atoms with Crippen LogP contribution in [0.1, 0.15) is 26.5 Å². The van der Waals surface area contributed by atoms with Crippen molar-refractivity contribution in [3.8, 4) is 11.3 Å². The lowest BCUT2D eigenvalue weighted by Crippen LogP contribution is -2.28. The third-order valence-corrected chi connectivity index (χ3v) is 4.79. The largest absolute Gasteiger partial charge is 0.364 e. The van der Waals surface area contributed by atoms with E-state index in [-0.39, 0.29) is 29.1 Å². The molecule has 0 fully saturated rings. The van der Waals surface area contributed by atoms with E-state index in [0.29, 0.717) is 5.69 Å². The number of aromatic nitrogens is 3. The maximum absolute atomic E-state index is 14.1. The first kappa shape index (κ1) is 20.1. The van der Waals surface area contributed by atoms with Gasteiger partial charge in [-0.05, 0) is 12.1 Å². The fourth-order valence-electron chi connectivity index (χ4n) is 3.24. The van der Waals surface area contributed by atoms with Gasteiger partial charge in [0.15, 0.2) is 11.3 Å². The number of fused-ring (bicyclic) bond motifs is 1. The Kier molecular flexibility index (Phi) is 5.16. The number of primary amides is 1. The minimum atomic E-state index is -0.777. The molecule has 7 nitrogen and oxygen atoms in total. The zero-order valence-corrected chi connectivity index (χ0v) is 16.4. The highest BCUT2D eigenvalue weighted by Crippen LogP contribution is 2.22. The molecule has 156 valence electrons. The maximum Gasteiger partial charge on any atom is 0.271 e. The lowest BCUT2D eigenvalue weighted by atomic mass is 10.1. The summed E-state index contributed by atoms with van der Waals surface area (Å²) in [6.45, 7) is -0.0905. The number of nitrogens with zero attached hydrogens (tertiary/aromatic N) is 4. The first-order valence-corrected chi connectivity index (χ1v) is 9.28. The van der Waals surface area contributed by atoms with Gasteiger partial charge in [0.1, 0.15) is 23.7 Å². The molecule has 0 bridgehead atoms. The summed E-state index contributed by atoms with van der Waals surface area (Å²) in [6.07, 6.45) is 1.29. The highest BCUT2D eigenvalue weighted by molar-refractivity contribution is 5.99. The summed E-state index contributed by atoms with van der Waals surface area (Å²) in [5, 5.41) is 0. The van der Waals surface area contributed by atoms with Gasteiger partial charge in [-0.25, -0.2) is 18.7 Å². The van der Waals surface area contributed by atoms with Crippen molar-refractivity contribution in [1.82, 2.24) is 19.3 Å². The van der Waals surface area contributed by atoms with E-state index in [2.05, 4.69) is 9.97 Å². The Morgan fingerprint density at radius 1 is 1.10 bits per heavy atom. The predicted molar refractivity (Wildman–Crippen MR) is 109 cm³/mol. The average Bonchev–Trinajstić information content (AvgIpc) is 3.19. The number of halogens is 2. The number of rotatable bonds is 5. The van der Waals surface area contributed by atoms with Crippen LogP contribution in [0.25, 0.3) is 16.9 Å². The second-order valence-corrected chi connectivity index (χ2v) is 6.94. The van der Waals surface area contributed by atoms with Crippen molar-refractivity contribution < 1.29 is 18.4 Å². The van der Waals surface area contributed by atoms with Gasteiger partial charge < -0.3 is 10.6 Å². The van der Waals surface area contributed by atoms with Gasteiger partial charge in [-0.3, -0.25) is 14.0 Å². The molecular weight excluding hydrogens is 404 g/mol. The summed E-state index contributed by atoms with van der Waals surface area (Å²) < 4.78 is 28.6. The molecular formula is C22H17F2N5O2. The van der Waals surface area contributed by atoms with Crippen molar-refractivity contribution in [3.05, 3.63) is 89.5 Å². The molecule has 0 unspecified atom stereocenters. The van der Waals surface area contributed by atoms with E-state index in [0.717, 1.165) is 17.7 Å². The molecule has 2 amide bonds. The van der Waals surface area contributed by atoms with Crippen LogP contribution in [0, 0.1) is 11.6 Å². The molecule has 0 aliphatic carbocycles. The van der Waals surface area contributed by atoms with Gasteiger partial charge in [-0.1, -0.05) is 36.4 Å². The number of amides is 2. The normalized spacial score (nSPS) is 10.9. The summed E-state index contributed by atoms with van der Waals surface area (Å²) in [5.74, 6) is -2.69. The first-order valence-electron chi connectivity index (χ1n) is 9.28. The predicted octanol–water partition coefficient (Wildman–Crippen LogP) is 3.05. The molecule has 2 heterocycles. The highest BCUT2D eigenvalue weighted by atomic mass is 19.1. The SMILES string of the molecule is CN(Cc1ccc(F)cc1F)C(=O)c1cc(-c2ccccc2)nc2c(C(N)=O)ncn12. The molecule has 0 aliphatic rings. The van der Waals surface area contributed by atoms with Crippen molar-refractivity contribution in [1.29, 1.82) is 0 Å². The van der Waals surface area contributed by atoms with Crippen molar-refractivity contribution in [3.63, 3.8) is 0 Å². The number of hydrogen-bond acceptors (Lipinski definition) is 4. The Hall–Kier alpha value is -4.14. The number of benzene rings is 2. The average molecular weight is 421 g/mol. The minimum Gasteiger partial charge on any atom is -0.364 e. The minimum absolute atomic E-state index is 0.0703. The standard InChI is InChI=1S/C22H17F2N5O2/c1-28(11-14-7-8-15(23)9-16(14)24)22(31)18-10-17(13-5-3-2-4-6-13)27-21-19(20(25)30)26-12-29(18)21/h2-10,12H,11H2,1H3,(H2,25,30). The van der Waals surface area contributed by atoms with Gasteiger partial charge in [-0.2, -0.15) is 0 Å². The molecule has 0 saturated heterocycles. The van der Waals surface area contributed by atoms with Crippen LogP contribution < -0.4 is 5.73 Å². The second kappa shape index (κ2) is 7.94. The highest BCUT2D eigenvalue weighted by Gasteiger charge is 2.22. The number of imidazole rings is 1. The maximum atomic E-state index is 14.1. The van der Waals surface area contributed by atoms with Gasteiger partial charge in [-0.15, -0.1) is 0 Å². The molecule has 2 N–H and O–H groups in total. The molecule has 9 heteroatoms. The van der Waals surface area contributed by atoms with Crippen LogP contribution >= 0.6 is 0 Å². The fraction of sp³-hybridized carbons (Fsp3) is 0.0909. The number of nitrogens with two attached hydrogens (primary N) is 1. The molecule has 0 radical (unpaired) electrons. The quantitative estimate of drug-likeness (QED) is 0.536. The van der Waals surface area contributed by atoms with Gasteiger partial charge >= 0.3 is 0 Å². The van der Waals surface area contributed by atoms with E-state index in [1.165, 1.54) is 28.7 Å². The van der Waals surface area contributed by atoms with Crippen LogP contribution in [0.15, 0.2) is 60.9 Å². The van der Waals surface area contributed by atoms with E-state index >= 15 is 0 Å². The van der Waals surface area contributed by atoms with Gasteiger partial charge in [0.2, 0.25) is 0 Å². The molecule has 0 spiro atoms. The zero-order chi connectivity index (χ0) is 22.1. The third kappa shape index (κ3) is 3.85. The molecule has 4 rings (SSSR count). The number of carbonyl (C=O) groups is 2. The number of carbonyl (C=O) groups excluding carboxylic acids is 2. The van der Waals surface area contributed by atoms with Crippen molar-refractivity contribution in [2.45, 2.75) is 6.54 Å². The van der Waals surface area contributed by atoms with Crippen LogP contribution in [-0.2, 0) is 6.54 Å². The first-order chi connectivity index (χ1) is 14.8. The fourth-order valence-corrected chi connectivity index (χ4v) is 3.24. The number of hydrogen-bond donors (Lipinski definition) is 1. The lowest BCUT2D eigenvalue weighted by Gasteiger charge is -2.19. The van der Waals surface area contributed by atoms with Crippen molar-refractivity contribution in [2.24, 2.45) is 5.73 Å². The molecule has 0 aliphatic heterocycles. The van der Waals surface area contributed by atoms with Gasteiger partial charge in [0.25, 0.3) is 11.8 Å². The summed E-state index contributed by atoms with van der Waals surface area (Å²) in [4.78, 5) is 34.8. The second-order valence-electron chi connectivity index (χ2n) is 6.94. The van der Waals surface area contributed by atoms with Crippen molar-refractivity contribution in [2.75, 3.05) is 7.05 Å². The Balaban J connectivity index is 1.79. The van der Waals surface area contributed by atoms with Gasteiger partial charge in [0, 0.05) is 30.8 Å². The molecule has 31 heavy (non-hydrogen) atoms. The lowest BCUT2D eigenvalue weighted by molar-refractivity contribution is 0.0776. The topological polar surface area (TPSA) is 93.6 Å². The molecule has 2 aromatic carbocycles. The smallest absolute Gasteiger partial charge is 0.271 e. The van der Waals surface area contributed by atoms with E-state index in [9.17, 15) is 18.4 Å². The van der Waals surface area contributed by atoms with E-state index in [1.807, 2.05) is 30.3 Å². The monoisotopic (exact) mass is 421 g/mol. The van der Waals surface area contributed by atoms with Crippen LogP contribution in [0.5, 0.6) is 0 Å². The summed E-state index contributed by atoms with van der Waals surface area (Å²) in [6, 6.07) is 13.8. The Morgan fingerprint density at radius 2 is 1.84 bits per heavy atom. The molecule has 2 aromatic heterocycles. The van der Waals surface area contributed by atoms with E-state index in [1.54, 1.807) is 6.07 Å². The van der Waals surface area contributed by atoms with Crippen LogP contribution in [-0.4, -0.2) is 38.1 Å². The van der Waals surface area contributed by atoms with Crippen LogP contribution in [0.3, 0.4) is 0 Å². The van der Waals surface area contributed by atoms with E-state index < -0.39 is 23.4 Å². The van der Waals surface area contributed by atoms with Crippen molar-refractivity contribution >= 4 is 17.5 Å². The van der Waals surface area contributed by atoms with E-state index in [4.69, 9.17) is 5.73 Å². The molecule has 0 atom stereocenters. The Bertz CT molecular complexity index is 1300. The third-order valence-electron chi connectivity index (χ3n) is 4.79. The summed E-state index contributed by atoms with van der Waals surface area (Å²) in [7, 11) is 1.49. The Labute approximate surface area is 175 Å².